The lowest BCUT2D eigenvalue weighted by molar-refractivity contribution is -0.133. The summed E-state index contributed by atoms with van der Waals surface area (Å²) in [6, 6.07) is 9.56. The van der Waals surface area contributed by atoms with Gasteiger partial charge in [0, 0.05) is 42.4 Å². The van der Waals surface area contributed by atoms with Gasteiger partial charge in [-0.3, -0.25) is 24.7 Å². The molecule has 0 spiro atoms. The lowest BCUT2D eigenvalue weighted by Crippen LogP contribution is -2.47. The second kappa shape index (κ2) is 17.2. The van der Waals surface area contributed by atoms with Crippen LogP contribution in [0.5, 0.6) is 5.75 Å². The SMILES string of the molecule is CC(C)Oc1cc2nc(C3CCCCC3)cn2cc1C(=O)Nc1cccc(C(F)F)n1.CN1CCC(c2ccc(NC3CCC(=O)NC3=O)cn2)CC1. The van der Waals surface area contributed by atoms with Crippen LogP contribution in [0.4, 0.5) is 20.3 Å². The van der Waals surface area contributed by atoms with Crippen LogP contribution in [0.25, 0.3) is 5.65 Å². The van der Waals surface area contributed by atoms with E-state index in [4.69, 9.17) is 9.72 Å². The summed E-state index contributed by atoms with van der Waals surface area (Å²) < 4.78 is 33.6. The van der Waals surface area contributed by atoms with Crippen molar-refractivity contribution < 1.29 is 27.9 Å². The summed E-state index contributed by atoms with van der Waals surface area (Å²) in [7, 11) is 2.15. The number of imidazole rings is 1. The number of anilines is 2. The van der Waals surface area contributed by atoms with Gasteiger partial charge in [0.2, 0.25) is 11.8 Å². The Hall–Kier alpha value is -4.98. The summed E-state index contributed by atoms with van der Waals surface area (Å²) in [6.07, 6.45) is 11.7. The van der Waals surface area contributed by atoms with Gasteiger partial charge in [-0.05, 0) is 90.4 Å². The Bertz CT molecular complexity index is 1890. The second-order valence-electron chi connectivity index (χ2n) is 14.4. The number of rotatable bonds is 9. The van der Waals surface area contributed by atoms with Gasteiger partial charge in [0.25, 0.3) is 12.3 Å². The Morgan fingerprint density at radius 1 is 0.943 bits per heavy atom. The van der Waals surface area contributed by atoms with Crippen LogP contribution in [-0.4, -0.2) is 74.3 Å². The molecule has 3 fully saturated rings. The van der Waals surface area contributed by atoms with Crippen LogP contribution < -0.4 is 20.7 Å². The topological polar surface area (TPSA) is 143 Å². The number of alkyl halides is 2. The molecule has 1 atom stereocenters. The summed E-state index contributed by atoms with van der Waals surface area (Å²) in [5.41, 5.74) is 3.59. The van der Waals surface area contributed by atoms with E-state index in [0.29, 0.717) is 36.1 Å². The molecule has 1 unspecified atom stereocenters. The third kappa shape index (κ3) is 9.92. The minimum Gasteiger partial charge on any atom is -0.490 e. The zero-order valence-corrected chi connectivity index (χ0v) is 30.5. The maximum Gasteiger partial charge on any atom is 0.280 e. The molecule has 3 amide bonds. The first-order chi connectivity index (χ1) is 25.5. The van der Waals surface area contributed by atoms with E-state index in [1.165, 1.54) is 37.5 Å². The first kappa shape index (κ1) is 37.8. The smallest absolute Gasteiger partial charge is 0.280 e. The third-order valence-corrected chi connectivity index (χ3v) is 9.94. The van der Waals surface area contributed by atoms with Gasteiger partial charge in [-0.25, -0.2) is 18.7 Å². The number of hydrogen-bond acceptors (Lipinski definition) is 9. The number of hydrogen-bond donors (Lipinski definition) is 3. The molecule has 0 aromatic carbocycles. The highest BCUT2D eigenvalue weighted by Crippen LogP contribution is 2.33. The van der Waals surface area contributed by atoms with E-state index in [0.717, 1.165) is 55.8 Å². The fourth-order valence-electron chi connectivity index (χ4n) is 7.05. The minimum absolute atomic E-state index is 0.0620. The van der Waals surface area contributed by atoms with Crippen molar-refractivity contribution in [3.63, 3.8) is 0 Å². The number of piperidine rings is 2. The Balaban J connectivity index is 0.000000192. The van der Waals surface area contributed by atoms with E-state index < -0.39 is 18.0 Å². The van der Waals surface area contributed by atoms with Crippen molar-refractivity contribution in [2.24, 2.45) is 0 Å². The molecule has 1 saturated carbocycles. The Morgan fingerprint density at radius 2 is 1.70 bits per heavy atom. The van der Waals surface area contributed by atoms with Gasteiger partial charge in [0.05, 0.1) is 29.2 Å². The zero-order valence-electron chi connectivity index (χ0n) is 30.5. The van der Waals surface area contributed by atoms with Gasteiger partial charge < -0.3 is 24.7 Å². The molecule has 2 aliphatic heterocycles. The van der Waals surface area contributed by atoms with Crippen LogP contribution in [0.15, 0.2) is 55.0 Å². The number of imide groups is 1. The fourth-order valence-corrected chi connectivity index (χ4v) is 7.05. The van der Waals surface area contributed by atoms with E-state index >= 15 is 0 Å². The third-order valence-electron chi connectivity index (χ3n) is 9.94. The van der Waals surface area contributed by atoms with Crippen LogP contribution in [0.1, 0.15) is 117 Å². The van der Waals surface area contributed by atoms with Gasteiger partial charge in [0.1, 0.15) is 29.0 Å². The Morgan fingerprint density at radius 3 is 2.38 bits per heavy atom. The summed E-state index contributed by atoms with van der Waals surface area (Å²) in [6.45, 7) is 5.97. The monoisotopic (exact) mass is 730 g/mol. The van der Waals surface area contributed by atoms with Crippen molar-refractivity contribution >= 4 is 34.9 Å². The van der Waals surface area contributed by atoms with E-state index in [1.54, 1.807) is 18.5 Å². The molecule has 0 bridgehead atoms. The molecule has 0 radical (unpaired) electrons. The average molecular weight is 731 g/mol. The van der Waals surface area contributed by atoms with E-state index in [2.05, 4.69) is 37.9 Å². The number of amides is 3. The zero-order chi connectivity index (χ0) is 37.5. The Kier molecular flexibility index (Phi) is 12.3. The first-order valence-electron chi connectivity index (χ1n) is 18.5. The minimum atomic E-state index is -2.71. The Labute approximate surface area is 308 Å². The number of pyridine rings is 3. The maximum atomic E-state index is 13.0. The number of carbonyl (C=O) groups is 3. The molecule has 4 aromatic rings. The van der Waals surface area contributed by atoms with E-state index in [9.17, 15) is 23.2 Å². The second-order valence-corrected chi connectivity index (χ2v) is 14.4. The molecule has 12 nitrogen and oxygen atoms in total. The van der Waals surface area contributed by atoms with Crippen molar-refractivity contribution in [1.82, 2.24) is 29.6 Å². The highest BCUT2D eigenvalue weighted by Gasteiger charge is 2.27. The largest absolute Gasteiger partial charge is 0.490 e. The molecular formula is C39H48F2N8O4. The van der Waals surface area contributed by atoms with E-state index in [-0.39, 0.29) is 35.3 Å². The van der Waals surface area contributed by atoms with E-state index in [1.807, 2.05) is 36.6 Å². The number of halogens is 2. The quantitative estimate of drug-likeness (QED) is 0.157. The van der Waals surface area contributed by atoms with Crippen LogP contribution in [0.3, 0.4) is 0 Å². The van der Waals surface area contributed by atoms with Crippen LogP contribution in [0.2, 0.25) is 0 Å². The molecule has 6 heterocycles. The number of fused-ring (bicyclic) bond motifs is 1. The molecular weight excluding hydrogens is 682 g/mol. The predicted octanol–water partition coefficient (Wildman–Crippen LogP) is 6.86. The summed E-state index contributed by atoms with van der Waals surface area (Å²) in [4.78, 5) is 51.4. The molecule has 14 heteroatoms. The van der Waals surface area contributed by atoms with Gasteiger partial charge in [-0.1, -0.05) is 25.3 Å². The molecule has 4 aromatic heterocycles. The molecule has 53 heavy (non-hydrogen) atoms. The molecule has 7 rings (SSSR count). The van der Waals surface area contributed by atoms with Gasteiger partial charge in [-0.15, -0.1) is 0 Å². The van der Waals surface area contributed by atoms with Crippen molar-refractivity contribution in [2.45, 2.75) is 102 Å². The lowest BCUT2D eigenvalue weighted by Gasteiger charge is -2.28. The lowest BCUT2D eigenvalue weighted by atomic mass is 9.87. The number of nitrogens with one attached hydrogen (secondary N) is 3. The first-order valence-corrected chi connectivity index (χ1v) is 18.5. The highest BCUT2D eigenvalue weighted by atomic mass is 19.3. The number of nitrogens with zero attached hydrogens (tertiary/aromatic N) is 5. The molecule has 3 aliphatic rings. The number of carbonyl (C=O) groups excluding carboxylic acids is 3. The van der Waals surface area contributed by atoms with Crippen LogP contribution >= 0.6 is 0 Å². The summed E-state index contributed by atoms with van der Waals surface area (Å²) in [5, 5.41) is 8.11. The number of ether oxygens (including phenoxy) is 1. The predicted molar refractivity (Wildman–Crippen MR) is 197 cm³/mol. The maximum absolute atomic E-state index is 13.0. The normalized spacial score (nSPS) is 18.8. The van der Waals surface area contributed by atoms with Crippen molar-refractivity contribution in [1.29, 1.82) is 0 Å². The fraction of sp³-hybridized carbons (Fsp3) is 0.487. The van der Waals surface area contributed by atoms with Crippen LogP contribution in [-0.2, 0) is 9.59 Å². The van der Waals surface area contributed by atoms with Crippen LogP contribution in [0, 0.1) is 0 Å². The molecule has 2 saturated heterocycles. The average Bonchev–Trinajstić information content (AvgIpc) is 3.57. The molecule has 282 valence electrons. The van der Waals surface area contributed by atoms with Gasteiger partial charge in [0.15, 0.2) is 0 Å². The van der Waals surface area contributed by atoms with Gasteiger partial charge >= 0.3 is 0 Å². The number of likely N-dealkylation sites (tertiary alicyclic amines) is 1. The summed E-state index contributed by atoms with van der Waals surface area (Å²) in [5.74, 6) is 0.485. The van der Waals surface area contributed by atoms with Crippen molar-refractivity contribution in [3.8, 4) is 5.75 Å². The molecule has 1 aliphatic carbocycles. The van der Waals surface area contributed by atoms with Crippen molar-refractivity contribution in [3.05, 3.63) is 77.6 Å². The molecule has 3 N–H and O–H groups in total. The van der Waals surface area contributed by atoms with Crippen molar-refractivity contribution in [2.75, 3.05) is 30.8 Å². The standard InChI is InChI=1S/C23H26F2N4O2.C16H22N4O2/c1-14(2)31-19-11-21-27-18(15-7-4-3-5-8-15)13-29(21)12-16(19)23(30)28-20-10-6-9-17(26-20)22(24)25;1-20-8-6-11(7-9-20)13-3-2-12(10-17-13)18-14-4-5-15(21)19-16(14)22/h6,9-15,22H,3-5,7-8H2,1-2H3,(H,26,28,30);2-3,10-11,14,18H,4-9H2,1H3,(H,19,21,22). The number of aromatic nitrogens is 4. The highest BCUT2D eigenvalue weighted by molar-refractivity contribution is 6.06. The summed E-state index contributed by atoms with van der Waals surface area (Å²) >= 11 is 0. The van der Waals surface area contributed by atoms with Gasteiger partial charge in [-0.2, -0.15) is 0 Å².